The first-order chi connectivity index (χ1) is 5.45. The van der Waals surface area contributed by atoms with E-state index in [2.05, 4.69) is 37.8 Å². The molecule has 0 N–H and O–H groups in total. The van der Waals surface area contributed by atoms with Gasteiger partial charge >= 0.3 is 0 Å². The lowest BCUT2D eigenvalue weighted by molar-refractivity contribution is 0.483. The molecule has 12 heavy (non-hydrogen) atoms. The molecule has 0 aliphatic rings. The lowest BCUT2D eigenvalue weighted by atomic mass is 9.96. The van der Waals surface area contributed by atoms with E-state index < -0.39 is 0 Å². The van der Waals surface area contributed by atoms with Crippen LogP contribution in [0.25, 0.3) is 0 Å². The van der Waals surface area contributed by atoms with E-state index in [0.717, 1.165) is 18.2 Å². The average Bonchev–Trinajstić information content (AvgIpc) is 2.29. The highest BCUT2D eigenvalue weighted by molar-refractivity contribution is 5.03. The molecule has 1 aromatic heterocycles. The molecule has 0 atom stereocenters. The van der Waals surface area contributed by atoms with Crippen LogP contribution in [0.4, 0.5) is 0 Å². The van der Waals surface area contributed by atoms with Gasteiger partial charge in [0.25, 0.3) is 0 Å². The molecule has 0 aliphatic carbocycles. The topological polar surface area (TPSA) is 30.7 Å². The first-order valence-corrected chi connectivity index (χ1v) is 4.37. The van der Waals surface area contributed by atoms with E-state index in [1.165, 1.54) is 0 Å². The van der Waals surface area contributed by atoms with Crippen LogP contribution in [0.2, 0.25) is 0 Å². The second kappa shape index (κ2) is 2.88. The highest BCUT2D eigenvalue weighted by Crippen LogP contribution is 2.19. The molecule has 0 radical (unpaired) electrons. The van der Waals surface area contributed by atoms with Crippen molar-refractivity contribution < 1.29 is 0 Å². The fraction of sp³-hybridized carbons (Fsp3) is 0.778. The Hall–Kier alpha value is -0.860. The summed E-state index contributed by atoms with van der Waals surface area (Å²) < 4.78 is 1.97. The van der Waals surface area contributed by atoms with Gasteiger partial charge in [-0.05, 0) is 13.8 Å². The zero-order valence-corrected chi connectivity index (χ0v) is 8.55. The van der Waals surface area contributed by atoms with Crippen LogP contribution >= 0.6 is 0 Å². The number of aryl methyl sites for hydroxylation is 2. The molecule has 1 heterocycles. The lowest BCUT2D eigenvalue weighted by Gasteiger charge is -2.17. The predicted octanol–water partition coefficient (Wildman–Crippen LogP) is 1.90. The highest BCUT2D eigenvalue weighted by atomic mass is 15.3. The summed E-state index contributed by atoms with van der Waals surface area (Å²) in [5.41, 5.74) is 0.0945. The fourth-order valence-corrected chi connectivity index (χ4v) is 1.23. The van der Waals surface area contributed by atoms with E-state index in [0.29, 0.717) is 0 Å². The fourth-order valence-electron chi connectivity index (χ4n) is 1.23. The van der Waals surface area contributed by atoms with E-state index in [1.807, 2.05) is 11.6 Å². The molecule has 0 fully saturated rings. The van der Waals surface area contributed by atoms with Gasteiger partial charge in [-0.25, -0.2) is 9.67 Å². The maximum atomic E-state index is 4.40. The summed E-state index contributed by atoms with van der Waals surface area (Å²) in [6.45, 7) is 11.4. The normalized spacial score (nSPS) is 12.1. The molecule has 68 valence electrons. The molecule has 0 bridgehead atoms. The minimum Gasteiger partial charge on any atom is -0.250 e. The van der Waals surface area contributed by atoms with Crippen molar-refractivity contribution in [2.45, 2.75) is 46.6 Å². The van der Waals surface area contributed by atoms with Gasteiger partial charge in [-0.3, -0.25) is 0 Å². The zero-order valence-electron chi connectivity index (χ0n) is 8.55. The first-order valence-electron chi connectivity index (χ1n) is 4.37. The van der Waals surface area contributed by atoms with Gasteiger partial charge in [0.15, 0.2) is 0 Å². The molecule has 3 nitrogen and oxygen atoms in total. The molecule has 0 aliphatic heterocycles. The Balaban J connectivity index is 3.13. The quantitative estimate of drug-likeness (QED) is 0.639. The minimum absolute atomic E-state index is 0.0945. The standard InChI is InChI=1S/C9H17N3/c1-6-12-8(9(3,4)5)10-7(2)11-12/h6H2,1-5H3. The van der Waals surface area contributed by atoms with Crippen molar-refractivity contribution in [3.63, 3.8) is 0 Å². The van der Waals surface area contributed by atoms with Gasteiger partial charge in [0.1, 0.15) is 11.6 Å². The Bertz CT molecular complexity index is 268. The predicted molar refractivity (Wildman–Crippen MR) is 49.1 cm³/mol. The second-order valence-electron chi connectivity index (χ2n) is 4.05. The molecule has 0 amide bonds. The minimum atomic E-state index is 0.0945. The van der Waals surface area contributed by atoms with Crippen LogP contribution in [-0.4, -0.2) is 14.8 Å². The zero-order chi connectivity index (χ0) is 9.35. The third-order valence-corrected chi connectivity index (χ3v) is 1.75. The van der Waals surface area contributed by atoms with Crippen LogP contribution < -0.4 is 0 Å². The van der Waals surface area contributed by atoms with Crippen LogP contribution in [0.3, 0.4) is 0 Å². The van der Waals surface area contributed by atoms with Crippen molar-refractivity contribution in [2.24, 2.45) is 0 Å². The number of nitrogens with zero attached hydrogens (tertiary/aromatic N) is 3. The monoisotopic (exact) mass is 167 g/mol. The summed E-state index contributed by atoms with van der Waals surface area (Å²) in [6.07, 6.45) is 0. The van der Waals surface area contributed by atoms with E-state index in [-0.39, 0.29) is 5.41 Å². The summed E-state index contributed by atoms with van der Waals surface area (Å²) in [5.74, 6) is 1.93. The summed E-state index contributed by atoms with van der Waals surface area (Å²) in [6, 6.07) is 0. The second-order valence-corrected chi connectivity index (χ2v) is 4.05. The summed E-state index contributed by atoms with van der Waals surface area (Å²) in [5, 5.41) is 4.30. The molecule has 0 saturated carbocycles. The number of hydrogen-bond acceptors (Lipinski definition) is 2. The average molecular weight is 167 g/mol. The number of rotatable bonds is 1. The van der Waals surface area contributed by atoms with Crippen LogP contribution in [0.1, 0.15) is 39.3 Å². The molecular formula is C9H17N3. The molecule has 3 heteroatoms. The molecule has 0 saturated heterocycles. The van der Waals surface area contributed by atoms with E-state index in [1.54, 1.807) is 0 Å². The Labute approximate surface area is 73.8 Å². The van der Waals surface area contributed by atoms with Gasteiger partial charge in [-0.1, -0.05) is 20.8 Å². The van der Waals surface area contributed by atoms with Crippen molar-refractivity contribution in [1.29, 1.82) is 0 Å². The third-order valence-electron chi connectivity index (χ3n) is 1.75. The van der Waals surface area contributed by atoms with Crippen LogP contribution in [0, 0.1) is 6.92 Å². The summed E-state index contributed by atoms with van der Waals surface area (Å²) >= 11 is 0. The van der Waals surface area contributed by atoms with Crippen LogP contribution in [-0.2, 0) is 12.0 Å². The van der Waals surface area contributed by atoms with Gasteiger partial charge < -0.3 is 0 Å². The molecule has 1 rings (SSSR count). The van der Waals surface area contributed by atoms with Crippen molar-refractivity contribution >= 4 is 0 Å². The van der Waals surface area contributed by atoms with Gasteiger partial charge in [0, 0.05) is 12.0 Å². The summed E-state index contributed by atoms with van der Waals surface area (Å²) in [7, 11) is 0. The Morgan fingerprint density at radius 3 is 2.25 bits per heavy atom. The lowest BCUT2D eigenvalue weighted by Crippen LogP contribution is -2.19. The van der Waals surface area contributed by atoms with Gasteiger partial charge in [-0.2, -0.15) is 5.10 Å². The highest BCUT2D eigenvalue weighted by Gasteiger charge is 2.20. The van der Waals surface area contributed by atoms with Crippen LogP contribution in [0.5, 0.6) is 0 Å². The van der Waals surface area contributed by atoms with Crippen LogP contribution in [0.15, 0.2) is 0 Å². The van der Waals surface area contributed by atoms with Crippen molar-refractivity contribution in [3.05, 3.63) is 11.6 Å². The smallest absolute Gasteiger partial charge is 0.147 e. The molecule has 0 spiro atoms. The first kappa shape index (κ1) is 9.23. The van der Waals surface area contributed by atoms with Crippen molar-refractivity contribution in [1.82, 2.24) is 14.8 Å². The van der Waals surface area contributed by atoms with E-state index in [4.69, 9.17) is 0 Å². The molecular weight excluding hydrogens is 150 g/mol. The van der Waals surface area contributed by atoms with E-state index in [9.17, 15) is 0 Å². The molecule has 0 aromatic carbocycles. The Kier molecular flexibility index (Phi) is 2.22. The Morgan fingerprint density at radius 2 is 1.92 bits per heavy atom. The largest absolute Gasteiger partial charge is 0.250 e. The van der Waals surface area contributed by atoms with Gasteiger partial charge in [0.2, 0.25) is 0 Å². The maximum absolute atomic E-state index is 4.40. The summed E-state index contributed by atoms with van der Waals surface area (Å²) in [4.78, 5) is 4.40. The maximum Gasteiger partial charge on any atom is 0.147 e. The van der Waals surface area contributed by atoms with Gasteiger partial charge in [-0.15, -0.1) is 0 Å². The number of aromatic nitrogens is 3. The SMILES string of the molecule is CCn1nc(C)nc1C(C)(C)C. The van der Waals surface area contributed by atoms with Crippen molar-refractivity contribution in [2.75, 3.05) is 0 Å². The van der Waals surface area contributed by atoms with Gasteiger partial charge in [0.05, 0.1) is 0 Å². The number of hydrogen-bond donors (Lipinski definition) is 0. The van der Waals surface area contributed by atoms with E-state index >= 15 is 0 Å². The van der Waals surface area contributed by atoms with Crippen molar-refractivity contribution in [3.8, 4) is 0 Å². The molecule has 0 unspecified atom stereocenters. The molecule has 1 aromatic rings. The Morgan fingerprint density at radius 1 is 1.33 bits per heavy atom. The third kappa shape index (κ3) is 1.65.